The first-order valence-electron chi connectivity index (χ1n) is 7.31. The van der Waals surface area contributed by atoms with E-state index in [-0.39, 0.29) is 5.38 Å². The Bertz CT molecular complexity index is 636. The van der Waals surface area contributed by atoms with Gasteiger partial charge in [-0.1, -0.05) is 53.5 Å². The van der Waals surface area contributed by atoms with E-state index in [2.05, 4.69) is 30.3 Å². The number of alkyl halides is 1. The van der Waals surface area contributed by atoms with Crippen LogP contribution >= 0.6 is 34.8 Å². The lowest BCUT2D eigenvalue weighted by Crippen LogP contribution is -2.10. The zero-order valence-corrected chi connectivity index (χ0v) is 13.9. The van der Waals surface area contributed by atoms with Crippen LogP contribution in [0.2, 0.25) is 10.0 Å². The van der Waals surface area contributed by atoms with Crippen molar-refractivity contribution in [1.82, 2.24) is 0 Å². The molecule has 2 aromatic carbocycles. The van der Waals surface area contributed by atoms with Gasteiger partial charge in [0.25, 0.3) is 0 Å². The molecule has 0 heterocycles. The van der Waals surface area contributed by atoms with Gasteiger partial charge in [0.15, 0.2) is 0 Å². The molecule has 0 nitrogen and oxygen atoms in total. The highest BCUT2D eigenvalue weighted by Crippen LogP contribution is 2.40. The average Bonchev–Trinajstić information content (AvgIpc) is 2.64. The predicted octanol–water partition coefficient (Wildman–Crippen LogP) is 6.47. The Kier molecular flexibility index (Phi) is 4.78. The molecule has 0 spiro atoms. The predicted molar refractivity (Wildman–Crippen MR) is 91.6 cm³/mol. The first-order valence-corrected chi connectivity index (χ1v) is 8.50. The smallest absolute Gasteiger partial charge is 0.0619 e. The maximum atomic E-state index is 6.78. The van der Waals surface area contributed by atoms with Gasteiger partial charge in [-0.2, -0.15) is 0 Å². The lowest BCUT2D eigenvalue weighted by molar-refractivity contribution is 0.465. The van der Waals surface area contributed by atoms with E-state index >= 15 is 0 Å². The number of rotatable bonds is 2. The molecule has 0 N–H and O–H groups in total. The van der Waals surface area contributed by atoms with Crippen LogP contribution in [0.4, 0.5) is 0 Å². The van der Waals surface area contributed by atoms with Crippen LogP contribution in [0.15, 0.2) is 42.5 Å². The fourth-order valence-electron chi connectivity index (χ4n) is 3.16. The standard InChI is InChI=1S/C18H17Cl3/c19-16-9-8-12(11-17(16)20)10-14-6-3-5-13-4-1-2-7-15(13)18(14)21/h1-2,4,7-9,11,14,18H,3,5-6,10H2. The molecule has 0 bridgehead atoms. The fraction of sp³-hybridized carbons (Fsp3) is 0.333. The van der Waals surface area contributed by atoms with Crippen molar-refractivity contribution < 1.29 is 0 Å². The average molecular weight is 340 g/mol. The third-order valence-electron chi connectivity index (χ3n) is 4.27. The Hall–Kier alpha value is -0.690. The molecule has 3 heteroatoms. The van der Waals surface area contributed by atoms with Crippen molar-refractivity contribution in [3.8, 4) is 0 Å². The van der Waals surface area contributed by atoms with Crippen LogP contribution < -0.4 is 0 Å². The van der Waals surface area contributed by atoms with Crippen molar-refractivity contribution in [2.75, 3.05) is 0 Å². The van der Waals surface area contributed by atoms with E-state index < -0.39 is 0 Å². The molecule has 21 heavy (non-hydrogen) atoms. The van der Waals surface area contributed by atoms with Gasteiger partial charge in [-0.15, -0.1) is 11.6 Å². The minimum Gasteiger partial charge on any atom is -0.117 e. The highest BCUT2D eigenvalue weighted by atomic mass is 35.5. The van der Waals surface area contributed by atoms with Gasteiger partial charge in [0.05, 0.1) is 15.4 Å². The van der Waals surface area contributed by atoms with Gasteiger partial charge in [0.1, 0.15) is 0 Å². The minimum atomic E-state index is 0.0677. The Morgan fingerprint density at radius 3 is 2.62 bits per heavy atom. The van der Waals surface area contributed by atoms with E-state index in [9.17, 15) is 0 Å². The molecule has 3 rings (SSSR count). The normalized spacial score (nSPS) is 21.7. The maximum absolute atomic E-state index is 6.78. The zero-order valence-electron chi connectivity index (χ0n) is 11.7. The van der Waals surface area contributed by atoms with Crippen molar-refractivity contribution in [3.05, 3.63) is 69.2 Å². The summed E-state index contributed by atoms with van der Waals surface area (Å²) in [6.45, 7) is 0. The van der Waals surface area contributed by atoms with Crippen LogP contribution in [-0.2, 0) is 12.8 Å². The van der Waals surface area contributed by atoms with E-state index in [1.54, 1.807) is 0 Å². The largest absolute Gasteiger partial charge is 0.117 e. The number of aryl methyl sites for hydroxylation is 1. The Morgan fingerprint density at radius 2 is 1.81 bits per heavy atom. The van der Waals surface area contributed by atoms with Crippen molar-refractivity contribution >= 4 is 34.8 Å². The number of benzene rings is 2. The summed E-state index contributed by atoms with van der Waals surface area (Å²) in [6, 6.07) is 14.4. The molecule has 0 fully saturated rings. The van der Waals surface area contributed by atoms with E-state index in [0.717, 1.165) is 19.3 Å². The third-order valence-corrected chi connectivity index (χ3v) is 5.60. The zero-order chi connectivity index (χ0) is 14.8. The highest BCUT2D eigenvalue weighted by Gasteiger charge is 2.26. The summed E-state index contributed by atoms with van der Waals surface area (Å²) in [5.41, 5.74) is 3.90. The quantitative estimate of drug-likeness (QED) is 0.434. The second-order valence-electron chi connectivity index (χ2n) is 5.71. The molecule has 0 aromatic heterocycles. The summed E-state index contributed by atoms with van der Waals surface area (Å²) in [6.07, 6.45) is 4.39. The Morgan fingerprint density at radius 1 is 1.00 bits per heavy atom. The van der Waals surface area contributed by atoms with Crippen LogP contribution in [0, 0.1) is 5.92 Å². The molecule has 0 radical (unpaired) electrons. The summed E-state index contributed by atoms with van der Waals surface area (Å²) in [4.78, 5) is 0. The van der Waals surface area contributed by atoms with Crippen LogP contribution in [-0.4, -0.2) is 0 Å². The molecule has 0 saturated carbocycles. The van der Waals surface area contributed by atoms with Crippen LogP contribution in [0.3, 0.4) is 0 Å². The summed E-state index contributed by atoms with van der Waals surface area (Å²) < 4.78 is 0. The first kappa shape index (κ1) is 15.2. The molecular formula is C18H17Cl3. The van der Waals surface area contributed by atoms with Crippen LogP contribution in [0.25, 0.3) is 0 Å². The SMILES string of the molecule is Clc1ccc(CC2CCCc3ccccc3C2Cl)cc1Cl. The highest BCUT2D eigenvalue weighted by molar-refractivity contribution is 6.42. The Balaban J connectivity index is 1.84. The van der Waals surface area contributed by atoms with Crippen LogP contribution in [0.1, 0.15) is 34.9 Å². The van der Waals surface area contributed by atoms with E-state index in [0.29, 0.717) is 16.0 Å². The van der Waals surface area contributed by atoms with Gasteiger partial charge in [-0.05, 0) is 60.4 Å². The maximum Gasteiger partial charge on any atom is 0.0619 e. The van der Waals surface area contributed by atoms with Gasteiger partial charge in [-0.3, -0.25) is 0 Å². The molecule has 2 unspecified atom stereocenters. The molecule has 0 amide bonds. The molecule has 1 aliphatic carbocycles. The molecule has 110 valence electrons. The topological polar surface area (TPSA) is 0 Å². The van der Waals surface area contributed by atoms with Crippen LogP contribution in [0.5, 0.6) is 0 Å². The second kappa shape index (κ2) is 6.60. The lowest BCUT2D eigenvalue weighted by atomic mass is 9.90. The number of hydrogen-bond acceptors (Lipinski definition) is 0. The van der Waals surface area contributed by atoms with E-state index in [1.807, 2.05) is 12.1 Å². The lowest BCUT2D eigenvalue weighted by Gasteiger charge is -2.21. The van der Waals surface area contributed by atoms with E-state index in [1.165, 1.54) is 23.1 Å². The van der Waals surface area contributed by atoms with Crippen molar-refractivity contribution in [3.63, 3.8) is 0 Å². The fourth-order valence-corrected chi connectivity index (χ4v) is 3.91. The van der Waals surface area contributed by atoms with Gasteiger partial charge in [0.2, 0.25) is 0 Å². The summed E-state index contributed by atoms with van der Waals surface area (Å²) in [5.74, 6) is 0.438. The summed E-state index contributed by atoms with van der Waals surface area (Å²) in [7, 11) is 0. The molecule has 0 saturated heterocycles. The van der Waals surface area contributed by atoms with Crippen molar-refractivity contribution in [1.29, 1.82) is 0 Å². The van der Waals surface area contributed by atoms with Gasteiger partial charge < -0.3 is 0 Å². The molecular weight excluding hydrogens is 323 g/mol. The molecule has 1 aliphatic rings. The Labute approximate surface area is 141 Å². The number of hydrogen-bond donors (Lipinski definition) is 0. The van der Waals surface area contributed by atoms with Crippen molar-refractivity contribution in [2.45, 2.75) is 31.1 Å². The third kappa shape index (κ3) is 3.39. The second-order valence-corrected chi connectivity index (χ2v) is 6.99. The molecule has 0 aliphatic heterocycles. The summed E-state index contributed by atoms with van der Waals surface area (Å²) in [5, 5.41) is 1.29. The first-order chi connectivity index (χ1) is 10.1. The monoisotopic (exact) mass is 338 g/mol. The van der Waals surface area contributed by atoms with Gasteiger partial charge in [-0.25, -0.2) is 0 Å². The van der Waals surface area contributed by atoms with Gasteiger partial charge in [0, 0.05) is 0 Å². The van der Waals surface area contributed by atoms with Crippen molar-refractivity contribution in [2.24, 2.45) is 5.92 Å². The number of fused-ring (bicyclic) bond motifs is 1. The molecule has 2 aromatic rings. The number of halogens is 3. The minimum absolute atomic E-state index is 0.0677. The van der Waals surface area contributed by atoms with Gasteiger partial charge >= 0.3 is 0 Å². The molecule has 2 atom stereocenters. The summed E-state index contributed by atoms with van der Waals surface area (Å²) >= 11 is 18.9. The van der Waals surface area contributed by atoms with E-state index in [4.69, 9.17) is 34.8 Å².